The summed E-state index contributed by atoms with van der Waals surface area (Å²) in [7, 11) is 0. The molecule has 0 aliphatic rings. The first-order chi connectivity index (χ1) is 8.69. The molecule has 1 rings (SSSR count). The average molecular weight is 253 g/mol. The van der Waals surface area contributed by atoms with Gasteiger partial charge in [-0.2, -0.15) is 4.98 Å². The summed E-state index contributed by atoms with van der Waals surface area (Å²) in [6, 6.07) is 0. The molecule has 100 valence electrons. The first-order valence-electron chi connectivity index (χ1n) is 6.16. The van der Waals surface area contributed by atoms with Gasteiger partial charge in [-0.05, 0) is 13.3 Å². The van der Waals surface area contributed by atoms with Crippen molar-refractivity contribution in [2.75, 3.05) is 18.5 Å². The third kappa shape index (κ3) is 4.20. The summed E-state index contributed by atoms with van der Waals surface area (Å²) in [6.07, 6.45) is 4.54. The van der Waals surface area contributed by atoms with Gasteiger partial charge >= 0.3 is 5.97 Å². The minimum atomic E-state index is -0.618. The zero-order chi connectivity index (χ0) is 13.4. The third-order valence-corrected chi connectivity index (χ3v) is 2.33. The number of unbranched alkanes of at least 4 members (excludes halogenated alkanes) is 2. The number of carbonyl (C=O) groups excluding carboxylic acids is 1. The summed E-state index contributed by atoms with van der Waals surface area (Å²) in [5, 5.41) is 12.6. The third-order valence-electron chi connectivity index (χ3n) is 2.33. The van der Waals surface area contributed by atoms with Crippen LogP contribution in [-0.2, 0) is 4.74 Å². The van der Waals surface area contributed by atoms with Crippen molar-refractivity contribution in [1.82, 2.24) is 9.97 Å². The minimum Gasteiger partial charge on any atom is -0.493 e. The molecule has 18 heavy (non-hydrogen) atoms. The van der Waals surface area contributed by atoms with Crippen LogP contribution in [0.1, 0.15) is 43.5 Å². The lowest BCUT2D eigenvalue weighted by Crippen LogP contribution is -2.09. The zero-order valence-electron chi connectivity index (χ0n) is 10.8. The van der Waals surface area contributed by atoms with Crippen molar-refractivity contribution >= 4 is 11.9 Å². The van der Waals surface area contributed by atoms with E-state index in [-0.39, 0.29) is 18.1 Å². The molecule has 0 saturated heterocycles. The van der Waals surface area contributed by atoms with Crippen LogP contribution >= 0.6 is 0 Å². The number of hydrogen-bond donors (Lipinski definition) is 2. The number of esters is 1. The van der Waals surface area contributed by atoms with Gasteiger partial charge in [0.25, 0.3) is 0 Å². The van der Waals surface area contributed by atoms with Gasteiger partial charge in [0.15, 0.2) is 0 Å². The van der Waals surface area contributed by atoms with Gasteiger partial charge in [0.05, 0.1) is 12.8 Å². The number of ether oxygens (including phenoxy) is 1. The van der Waals surface area contributed by atoms with E-state index in [1.165, 1.54) is 6.20 Å². The largest absolute Gasteiger partial charge is 0.493 e. The maximum Gasteiger partial charge on any atom is 0.345 e. The Bertz CT molecular complexity index is 396. The normalized spacial score (nSPS) is 10.1. The lowest BCUT2D eigenvalue weighted by molar-refractivity contribution is 0.0521. The number of aromatic hydroxyl groups is 1. The number of hydrogen-bond acceptors (Lipinski definition) is 6. The molecule has 6 nitrogen and oxygen atoms in total. The van der Waals surface area contributed by atoms with E-state index in [0.717, 1.165) is 25.8 Å². The van der Waals surface area contributed by atoms with Crippen LogP contribution in [0.3, 0.4) is 0 Å². The molecule has 0 fully saturated rings. The summed E-state index contributed by atoms with van der Waals surface area (Å²) < 4.78 is 4.76. The predicted molar refractivity (Wildman–Crippen MR) is 67.7 cm³/mol. The summed E-state index contributed by atoms with van der Waals surface area (Å²) in [5.74, 6) is -0.661. The van der Waals surface area contributed by atoms with Gasteiger partial charge in [0.2, 0.25) is 11.8 Å². The van der Waals surface area contributed by atoms with E-state index in [0.29, 0.717) is 5.95 Å². The van der Waals surface area contributed by atoms with Crippen LogP contribution in [-0.4, -0.2) is 34.2 Å². The topological polar surface area (TPSA) is 84.3 Å². The van der Waals surface area contributed by atoms with E-state index in [1.807, 2.05) is 0 Å². The van der Waals surface area contributed by atoms with Gasteiger partial charge in [0, 0.05) is 6.54 Å². The second-order valence-electron chi connectivity index (χ2n) is 3.79. The Kier molecular flexibility index (Phi) is 5.90. The highest BCUT2D eigenvalue weighted by Gasteiger charge is 2.14. The smallest absolute Gasteiger partial charge is 0.345 e. The number of carbonyl (C=O) groups is 1. The first kappa shape index (κ1) is 14.2. The molecule has 0 atom stereocenters. The fourth-order valence-electron chi connectivity index (χ4n) is 1.39. The van der Waals surface area contributed by atoms with Gasteiger partial charge < -0.3 is 15.2 Å². The van der Waals surface area contributed by atoms with Crippen molar-refractivity contribution in [3.05, 3.63) is 11.8 Å². The number of rotatable bonds is 7. The maximum atomic E-state index is 11.4. The lowest BCUT2D eigenvalue weighted by atomic mass is 10.2. The van der Waals surface area contributed by atoms with Crippen LogP contribution in [0.2, 0.25) is 0 Å². The fourth-order valence-corrected chi connectivity index (χ4v) is 1.39. The van der Waals surface area contributed by atoms with E-state index in [4.69, 9.17) is 4.74 Å². The molecule has 2 N–H and O–H groups in total. The summed E-state index contributed by atoms with van der Waals surface area (Å²) >= 11 is 0. The van der Waals surface area contributed by atoms with Crippen LogP contribution in [0.15, 0.2) is 6.20 Å². The van der Waals surface area contributed by atoms with Crippen LogP contribution in [0.5, 0.6) is 5.88 Å². The highest BCUT2D eigenvalue weighted by atomic mass is 16.5. The zero-order valence-corrected chi connectivity index (χ0v) is 10.8. The van der Waals surface area contributed by atoms with Crippen molar-refractivity contribution in [3.8, 4) is 5.88 Å². The molecule has 0 aliphatic carbocycles. The van der Waals surface area contributed by atoms with Gasteiger partial charge in [-0.1, -0.05) is 19.8 Å². The molecular formula is C12H19N3O3. The average Bonchev–Trinajstić information content (AvgIpc) is 2.35. The molecule has 0 aromatic carbocycles. The molecule has 6 heteroatoms. The molecule has 0 aliphatic heterocycles. The van der Waals surface area contributed by atoms with Crippen molar-refractivity contribution in [3.63, 3.8) is 0 Å². The Balaban J connectivity index is 2.59. The molecule has 1 heterocycles. The Hall–Kier alpha value is -1.85. The summed E-state index contributed by atoms with van der Waals surface area (Å²) in [4.78, 5) is 19.2. The van der Waals surface area contributed by atoms with Crippen molar-refractivity contribution in [1.29, 1.82) is 0 Å². The molecule has 1 aromatic heterocycles. The van der Waals surface area contributed by atoms with Gasteiger partial charge in [-0.15, -0.1) is 0 Å². The molecule has 0 bridgehead atoms. The molecule has 0 saturated carbocycles. The molecule has 0 radical (unpaired) electrons. The molecule has 0 unspecified atom stereocenters. The van der Waals surface area contributed by atoms with E-state index in [2.05, 4.69) is 22.2 Å². The van der Waals surface area contributed by atoms with E-state index in [9.17, 15) is 9.90 Å². The quantitative estimate of drug-likeness (QED) is 0.571. The van der Waals surface area contributed by atoms with Crippen molar-refractivity contribution in [2.45, 2.75) is 33.1 Å². The molecule has 0 spiro atoms. The first-order valence-corrected chi connectivity index (χ1v) is 6.16. The second-order valence-corrected chi connectivity index (χ2v) is 3.79. The predicted octanol–water partition coefficient (Wildman–Crippen LogP) is 1.96. The molecular weight excluding hydrogens is 234 g/mol. The summed E-state index contributed by atoms with van der Waals surface area (Å²) in [6.45, 7) is 4.80. The van der Waals surface area contributed by atoms with Gasteiger partial charge in [0.1, 0.15) is 5.56 Å². The fraction of sp³-hybridized carbons (Fsp3) is 0.583. The summed E-state index contributed by atoms with van der Waals surface area (Å²) in [5.41, 5.74) is -0.0176. The number of nitrogens with one attached hydrogen (secondary N) is 1. The SMILES string of the molecule is CCCCCNc1ncc(C(=O)OCC)c(O)n1. The van der Waals surface area contributed by atoms with Crippen molar-refractivity contribution in [2.24, 2.45) is 0 Å². The minimum absolute atomic E-state index is 0.0176. The van der Waals surface area contributed by atoms with Gasteiger partial charge in [-0.3, -0.25) is 0 Å². The Morgan fingerprint density at radius 2 is 2.22 bits per heavy atom. The molecule has 0 amide bonds. The van der Waals surface area contributed by atoms with Crippen molar-refractivity contribution < 1.29 is 14.6 Å². The standard InChI is InChI=1S/C12H19N3O3/c1-3-5-6-7-13-12-14-8-9(10(16)15-12)11(17)18-4-2/h8H,3-7H2,1-2H3,(H2,13,14,15,16). The second kappa shape index (κ2) is 7.47. The molecule has 1 aromatic rings. The van der Waals surface area contributed by atoms with Gasteiger partial charge in [-0.25, -0.2) is 9.78 Å². The monoisotopic (exact) mass is 253 g/mol. The number of nitrogens with zero attached hydrogens (tertiary/aromatic N) is 2. The number of anilines is 1. The maximum absolute atomic E-state index is 11.4. The van der Waals surface area contributed by atoms with Crippen LogP contribution in [0.4, 0.5) is 5.95 Å². The van der Waals surface area contributed by atoms with Crippen LogP contribution in [0, 0.1) is 0 Å². The Labute approximate surface area is 106 Å². The van der Waals surface area contributed by atoms with Crippen LogP contribution < -0.4 is 5.32 Å². The Morgan fingerprint density at radius 3 is 2.83 bits per heavy atom. The van der Waals surface area contributed by atoms with E-state index in [1.54, 1.807) is 6.92 Å². The van der Waals surface area contributed by atoms with Crippen LogP contribution in [0.25, 0.3) is 0 Å². The van der Waals surface area contributed by atoms with E-state index < -0.39 is 5.97 Å². The highest BCUT2D eigenvalue weighted by Crippen LogP contribution is 2.15. The Morgan fingerprint density at radius 1 is 1.44 bits per heavy atom. The van der Waals surface area contributed by atoms with E-state index >= 15 is 0 Å². The highest BCUT2D eigenvalue weighted by molar-refractivity contribution is 5.91. The number of aromatic nitrogens is 2. The lowest BCUT2D eigenvalue weighted by Gasteiger charge is -2.06.